The first kappa shape index (κ1) is 36.5. The van der Waals surface area contributed by atoms with E-state index in [1.54, 1.807) is 4.90 Å². The number of primary amides is 1. The molecule has 3 unspecified atom stereocenters. The first-order valence-electron chi connectivity index (χ1n) is 17.4. The molecule has 47 heavy (non-hydrogen) atoms. The lowest BCUT2D eigenvalue weighted by molar-refractivity contribution is -0.144. The smallest absolute Gasteiger partial charge is 0.407 e. The number of ketones is 1. The summed E-state index contributed by atoms with van der Waals surface area (Å²) in [5, 5.41) is 11.3. The number of carbonyl (C=O) groups is 6. The number of hydrogen-bond donors (Lipinski definition) is 5. The van der Waals surface area contributed by atoms with Gasteiger partial charge in [-0.2, -0.15) is 0 Å². The van der Waals surface area contributed by atoms with Crippen LogP contribution in [0.25, 0.3) is 0 Å². The van der Waals surface area contributed by atoms with E-state index in [4.69, 9.17) is 10.5 Å². The Morgan fingerprint density at radius 2 is 1.55 bits per heavy atom. The number of Topliss-reactive ketones (excluding diaryl/α,β-unsaturated/α-hetero) is 1. The van der Waals surface area contributed by atoms with Gasteiger partial charge in [0.1, 0.15) is 18.7 Å². The molecule has 3 saturated carbocycles. The second-order valence-electron chi connectivity index (χ2n) is 16.2. The van der Waals surface area contributed by atoms with Crippen molar-refractivity contribution >= 4 is 35.6 Å². The van der Waals surface area contributed by atoms with Crippen molar-refractivity contribution in [1.82, 2.24) is 26.2 Å². The van der Waals surface area contributed by atoms with Crippen LogP contribution >= 0.6 is 0 Å². The van der Waals surface area contributed by atoms with Gasteiger partial charge in [0, 0.05) is 12.6 Å². The first-order chi connectivity index (χ1) is 21.9. The molecule has 4 aliphatic rings. The van der Waals surface area contributed by atoms with E-state index in [0.717, 1.165) is 44.9 Å². The Kier molecular flexibility index (Phi) is 11.2. The van der Waals surface area contributed by atoms with E-state index in [-0.39, 0.29) is 47.6 Å². The van der Waals surface area contributed by atoms with Gasteiger partial charge in [0.25, 0.3) is 5.91 Å². The highest BCUT2D eigenvalue weighted by Crippen LogP contribution is 2.65. The van der Waals surface area contributed by atoms with Crippen molar-refractivity contribution in [2.75, 3.05) is 13.2 Å². The van der Waals surface area contributed by atoms with Crippen LogP contribution in [0.2, 0.25) is 0 Å². The molecule has 0 spiro atoms. The molecular weight excluding hydrogens is 604 g/mol. The number of rotatable bonds is 13. The van der Waals surface area contributed by atoms with Crippen LogP contribution in [0.15, 0.2) is 0 Å². The number of nitrogens with two attached hydrogens (primary N) is 1. The SMILES string of the molecule is CC(C)NC(=O)OC[C@@H](NC(=O)N[C@H](C(=O)N1CC2C([C@H]1C(=O)NC(CC1CCC1)C(=O)C(N)=O)C2(C)C)C1CCCC1)C(C)(C)C. The van der Waals surface area contributed by atoms with Gasteiger partial charge >= 0.3 is 12.1 Å². The van der Waals surface area contributed by atoms with Crippen molar-refractivity contribution in [3.8, 4) is 0 Å². The van der Waals surface area contributed by atoms with Crippen LogP contribution in [0.1, 0.15) is 99.8 Å². The summed E-state index contributed by atoms with van der Waals surface area (Å²) in [6, 6.07) is -3.93. The van der Waals surface area contributed by atoms with Crippen LogP contribution in [0.4, 0.5) is 9.59 Å². The zero-order chi connectivity index (χ0) is 34.8. The summed E-state index contributed by atoms with van der Waals surface area (Å²) in [6.45, 7) is 13.8. The number of nitrogens with zero attached hydrogens (tertiary/aromatic N) is 1. The van der Waals surface area contributed by atoms with Crippen LogP contribution in [0.3, 0.4) is 0 Å². The fourth-order valence-electron chi connectivity index (χ4n) is 7.67. The number of carbonyl (C=O) groups excluding carboxylic acids is 6. The van der Waals surface area contributed by atoms with Crippen LogP contribution < -0.4 is 27.0 Å². The van der Waals surface area contributed by atoms with Gasteiger partial charge in [-0.15, -0.1) is 0 Å². The number of nitrogens with one attached hydrogen (secondary N) is 4. The number of piperidine rings is 1. The molecule has 0 aromatic heterocycles. The number of hydrogen-bond acceptors (Lipinski definition) is 7. The molecular formula is C34H56N6O7. The number of urea groups is 1. The third-order valence-corrected chi connectivity index (χ3v) is 11.0. The van der Waals surface area contributed by atoms with E-state index in [9.17, 15) is 28.8 Å². The van der Waals surface area contributed by atoms with E-state index in [0.29, 0.717) is 13.0 Å². The van der Waals surface area contributed by atoms with Crippen molar-refractivity contribution < 1.29 is 33.5 Å². The minimum Gasteiger partial charge on any atom is -0.447 e. The number of fused-ring (bicyclic) bond motifs is 1. The molecule has 6 amide bonds. The molecule has 6 atom stereocenters. The predicted octanol–water partition coefficient (Wildman–Crippen LogP) is 2.61. The normalized spacial score (nSPS) is 25.5. The van der Waals surface area contributed by atoms with Crippen molar-refractivity contribution in [2.24, 2.45) is 40.2 Å². The van der Waals surface area contributed by atoms with Crippen molar-refractivity contribution in [3.63, 3.8) is 0 Å². The maximum Gasteiger partial charge on any atom is 0.407 e. The standard InChI is InChI=1S/C34H56N6O7/c1-18(2)36-32(46)47-17-23(33(3,4)5)38-31(45)39-25(20-13-8-9-14-20)30(44)40-16-21-24(34(21,6)7)26(40)29(43)37-22(27(41)28(35)42)15-19-11-10-12-19/h18-26H,8-17H2,1-7H3,(H2,35,42)(H,36,46)(H,37,43)(H2,38,39,45)/t21?,22?,23-,24?,25+,26+/m1/s1. The van der Waals surface area contributed by atoms with Gasteiger partial charge in [0.05, 0.1) is 12.1 Å². The number of amides is 6. The van der Waals surface area contributed by atoms with E-state index in [1.165, 1.54) is 0 Å². The van der Waals surface area contributed by atoms with Crippen LogP contribution in [-0.2, 0) is 23.9 Å². The van der Waals surface area contributed by atoms with Gasteiger partial charge in [-0.05, 0) is 67.6 Å². The number of likely N-dealkylation sites (tertiary alicyclic amines) is 1. The Morgan fingerprint density at radius 3 is 2.09 bits per heavy atom. The quantitative estimate of drug-likeness (QED) is 0.188. The van der Waals surface area contributed by atoms with E-state index >= 15 is 0 Å². The summed E-state index contributed by atoms with van der Waals surface area (Å²) in [6.07, 6.45) is 6.04. The number of ether oxygens (including phenoxy) is 1. The molecule has 0 aromatic rings. The second-order valence-corrected chi connectivity index (χ2v) is 16.2. The highest BCUT2D eigenvalue weighted by molar-refractivity contribution is 6.37. The maximum absolute atomic E-state index is 14.4. The topological polar surface area (TPSA) is 189 Å². The van der Waals surface area contributed by atoms with E-state index < -0.39 is 59.3 Å². The summed E-state index contributed by atoms with van der Waals surface area (Å²) in [5.74, 6) is -2.60. The van der Waals surface area contributed by atoms with Crippen LogP contribution in [0, 0.1) is 34.5 Å². The Hall–Kier alpha value is -3.38. The molecule has 0 radical (unpaired) electrons. The molecule has 0 aromatic carbocycles. The van der Waals surface area contributed by atoms with Crippen molar-refractivity contribution in [3.05, 3.63) is 0 Å². The Balaban J connectivity index is 1.50. The van der Waals surface area contributed by atoms with Crippen molar-refractivity contribution in [2.45, 2.75) is 130 Å². The molecule has 13 nitrogen and oxygen atoms in total. The molecule has 4 fully saturated rings. The minimum atomic E-state index is -1.09. The minimum absolute atomic E-state index is 0.0592. The van der Waals surface area contributed by atoms with Crippen LogP contribution in [-0.4, -0.2) is 83.9 Å². The highest BCUT2D eigenvalue weighted by atomic mass is 16.5. The molecule has 264 valence electrons. The molecule has 4 rings (SSSR count). The van der Waals surface area contributed by atoms with Crippen molar-refractivity contribution in [1.29, 1.82) is 0 Å². The van der Waals surface area contributed by atoms with Gasteiger partial charge in [0.2, 0.25) is 17.6 Å². The average molecular weight is 661 g/mol. The lowest BCUT2D eigenvalue weighted by Gasteiger charge is -2.36. The molecule has 1 heterocycles. The Labute approximate surface area is 278 Å². The van der Waals surface area contributed by atoms with Gasteiger partial charge in [0.15, 0.2) is 0 Å². The monoisotopic (exact) mass is 660 g/mol. The Bertz CT molecular complexity index is 1220. The summed E-state index contributed by atoms with van der Waals surface area (Å²) >= 11 is 0. The van der Waals surface area contributed by atoms with Gasteiger partial charge in [-0.3, -0.25) is 19.2 Å². The summed E-state index contributed by atoms with van der Waals surface area (Å²) in [7, 11) is 0. The van der Waals surface area contributed by atoms with Gasteiger partial charge < -0.3 is 36.6 Å². The highest BCUT2D eigenvalue weighted by Gasteiger charge is 2.69. The Morgan fingerprint density at radius 1 is 0.915 bits per heavy atom. The summed E-state index contributed by atoms with van der Waals surface area (Å²) in [5.41, 5.74) is 4.71. The summed E-state index contributed by atoms with van der Waals surface area (Å²) in [4.78, 5) is 80.2. The van der Waals surface area contributed by atoms with E-state index in [2.05, 4.69) is 35.1 Å². The average Bonchev–Trinajstić information content (AvgIpc) is 3.39. The lowest BCUT2D eigenvalue weighted by Crippen LogP contribution is -2.61. The largest absolute Gasteiger partial charge is 0.447 e. The third kappa shape index (κ3) is 8.56. The maximum atomic E-state index is 14.4. The fraction of sp³-hybridized carbons (Fsp3) is 0.824. The van der Waals surface area contributed by atoms with Gasteiger partial charge in [-0.25, -0.2) is 9.59 Å². The first-order valence-corrected chi connectivity index (χ1v) is 17.4. The second kappa shape index (κ2) is 14.4. The van der Waals surface area contributed by atoms with E-state index in [1.807, 2.05) is 34.6 Å². The fourth-order valence-corrected chi connectivity index (χ4v) is 7.67. The molecule has 13 heteroatoms. The van der Waals surface area contributed by atoms with Crippen LogP contribution in [0.5, 0.6) is 0 Å². The zero-order valence-corrected chi connectivity index (χ0v) is 29.1. The molecule has 1 aliphatic heterocycles. The lowest BCUT2D eigenvalue weighted by atomic mass is 9.80. The molecule has 0 bridgehead atoms. The number of alkyl carbamates (subject to hydrolysis) is 1. The zero-order valence-electron chi connectivity index (χ0n) is 29.1. The van der Waals surface area contributed by atoms with Gasteiger partial charge in [-0.1, -0.05) is 66.7 Å². The third-order valence-electron chi connectivity index (χ3n) is 11.0. The molecule has 1 saturated heterocycles. The molecule has 3 aliphatic carbocycles. The summed E-state index contributed by atoms with van der Waals surface area (Å²) < 4.78 is 5.39. The molecule has 6 N–H and O–H groups in total. The predicted molar refractivity (Wildman–Crippen MR) is 175 cm³/mol.